The molecular formula is C24H32N2O4. The number of nitrogens with zero attached hydrogens (tertiary/aromatic N) is 2. The van der Waals surface area contributed by atoms with Crippen LogP contribution in [-0.2, 0) is 0 Å². The third kappa shape index (κ3) is 5.68. The van der Waals surface area contributed by atoms with Gasteiger partial charge in [-0.2, -0.15) is 0 Å². The summed E-state index contributed by atoms with van der Waals surface area (Å²) in [6, 6.07) is 13.9. The Balaban J connectivity index is 1.48. The van der Waals surface area contributed by atoms with E-state index in [4.69, 9.17) is 14.2 Å². The van der Waals surface area contributed by atoms with Crippen LogP contribution in [-0.4, -0.2) is 69.7 Å². The van der Waals surface area contributed by atoms with Crippen molar-refractivity contribution in [1.82, 2.24) is 4.90 Å². The zero-order valence-corrected chi connectivity index (χ0v) is 18.1. The highest BCUT2D eigenvalue weighted by Gasteiger charge is 2.21. The summed E-state index contributed by atoms with van der Waals surface area (Å²) >= 11 is 0. The third-order valence-corrected chi connectivity index (χ3v) is 5.25. The van der Waals surface area contributed by atoms with E-state index in [1.54, 1.807) is 14.2 Å². The maximum atomic E-state index is 10.5. The van der Waals surface area contributed by atoms with E-state index in [9.17, 15) is 5.11 Å². The number of allylic oxidation sites excluding steroid dienone is 1. The molecule has 1 N–H and O–H groups in total. The summed E-state index contributed by atoms with van der Waals surface area (Å²) in [6.45, 7) is 6.35. The fraction of sp³-hybridized carbons (Fsp3) is 0.417. The second-order valence-corrected chi connectivity index (χ2v) is 7.33. The van der Waals surface area contributed by atoms with Crippen LogP contribution in [0.3, 0.4) is 0 Å². The van der Waals surface area contributed by atoms with Crippen LogP contribution in [0.25, 0.3) is 6.08 Å². The number of piperazine rings is 1. The van der Waals surface area contributed by atoms with Gasteiger partial charge in [-0.25, -0.2) is 0 Å². The summed E-state index contributed by atoms with van der Waals surface area (Å²) in [4.78, 5) is 4.60. The van der Waals surface area contributed by atoms with E-state index in [2.05, 4.69) is 15.9 Å². The summed E-state index contributed by atoms with van der Waals surface area (Å²) in [7, 11) is 3.33. The molecule has 30 heavy (non-hydrogen) atoms. The minimum absolute atomic E-state index is 0.228. The molecule has 1 aliphatic heterocycles. The van der Waals surface area contributed by atoms with Gasteiger partial charge in [0.05, 0.1) is 19.9 Å². The number of hydrogen-bond acceptors (Lipinski definition) is 6. The highest BCUT2D eigenvalue weighted by atomic mass is 16.5. The van der Waals surface area contributed by atoms with Crippen molar-refractivity contribution in [3.05, 3.63) is 54.1 Å². The summed E-state index contributed by atoms with van der Waals surface area (Å²) in [5.41, 5.74) is 2.17. The van der Waals surface area contributed by atoms with E-state index in [0.29, 0.717) is 18.0 Å². The first-order valence-corrected chi connectivity index (χ1v) is 10.4. The molecule has 2 aromatic rings. The van der Waals surface area contributed by atoms with Crippen molar-refractivity contribution in [2.45, 2.75) is 13.0 Å². The molecule has 0 bridgehead atoms. The minimum atomic E-state index is -0.567. The van der Waals surface area contributed by atoms with Crippen molar-refractivity contribution in [1.29, 1.82) is 0 Å². The zero-order chi connectivity index (χ0) is 21.3. The van der Waals surface area contributed by atoms with Crippen molar-refractivity contribution < 1.29 is 19.3 Å². The maximum absolute atomic E-state index is 10.5. The second-order valence-electron chi connectivity index (χ2n) is 7.33. The molecule has 162 valence electrons. The van der Waals surface area contributed by atoms with Gasteiger partial charge < -0.3 is 24.2 Å². The number of rotatable bonds is 9. The van der Waals surface area contributed by atoms with E-state index in [1.807, 2.05) is 55.5 Å². The van der Waals surface area contributed by atoms with Crippen LogP contribution in [0.15, 0.2) is 48.5 Å². The highest BCUT2D eigenvalue weighted by molar-refractivity contribution is 5.58. The number of aliphatic hydroxyl groups is 1. The normalized spacial score (nSPS) is 15.9. The van der Waals surface area contributed by atoms with Gasteiger partial charge in [0.2, 0.25) is 0 Å². The molecule has 1 unspecified atom stereocenters. The van der Waals surface area contributed by atoms with E-state index in [0.717, 1.165) is 43.2 Å². The lowest BCUT2D eigenvalue weighted by Gasteiger charge is -2.37. The zero-order valence-electron chi connectivity index (χ0n) is 18.1. The maximum Gasteiger partial charge on any atom is 0.161 e. The number of ether oxygens (including phenoxy) is 3. The van der Waals surface area contributed by atoms with Crippen LogP contribution in [0.1, 0.15) is 12.5 Å². The molecule has 1 atom stereocenters. The number of methoxy groups -OCH3 is 2. The first kappa shape index (κ1) is 22.0. The van der Waals surface area contributed by atoms with Gasteiger partial charge in [-0.15, -0.1) is 0 Å². The monoisotopic (exact) mass is 412 g/mol. The fourth-order valence-electron chi connectivity index (χ4n) is 3.70. The second kappa shape index (κ2) is 10.9. The Morgan fingerprint density at radius 2 is 1.70 bits per heavy atom. The van der Waals surface area contributed by atoms with Gasteiger partial charge in [0.15, 0.2) is 11.5 Å². The topological polar surface area (TPSA) is 54.4 Å². The summed E-state index contributed by atoms with van der Waals surface area (Å²) in [5, 5.41) is 10.5. The van der Waals surface area contributed by atoms with E-state index in [-0.39, 0.29) is 6.61 Å². The smallest absolute Gasteiger partial charge is 0.161 e. The molecule has 1 saturated heterocycles. The van der Waals surface area contributed by atoms with Gasteiger partial charge in [0, 0.05) is 32.7 Å². The first-order valence-electron chi connectivity index (χ1n) is 10.4. The molecular weight excluding hydrogens is 380 g/mol. The Morgan fingerprint density at radius 3 is 2.40 bits per heavy atom. The minimum Gasteiger partial charge on any atom is -0.495 e. The molecule has 0 aromatic heterocycles. The van der Waals surface area contributed by atoms with Gasteiger partial charge in [-0.3, -0.25) is 4.90 Å². The average molecular weight is 413 g/mol. The molecule has 0 saturated carbocycles. The summed E-state index contributed by atoms with van der Waals surface area (Å²) < 4.78 is 16.7. The van der Waals surface area contributed by atoms with Gasteiger partial charge in [-0.05, 0) is 36.8 Å². The lowest BCUT2D eigenvalue weighted by Crippen LogP contribution is -2.49. The SMILES string of the molecule is C/C=C/c1ccc(OCC(O)CN2CCN(c3ccccc3OC)CC2)c(OC)c1. The Hall–Kier alpha value is -2.70. The largest absolute Gasteiger partial charge is 0.495 e. The van der Waals surface area contributed by atoms with Crippen molar-refractivity contribution in [2.75, 3.05) is 58.5 Å². The summed E-state index contributed by atoms with van der Waals surface area (Å²) in [6.07, 6.45) is 3.42. The fourth-order valence-corrected chi connectivity index (χ4v) is 3.70. The summed E-state index contributed by atoms with van der Waals surface area (Å²) in [5.74, 6) is 2.21. The Morgan fingerprint density at radius 1 is 0.967 bits per heavy atom. The van der Waals surface area contributed by atoms with Gasteiger partial charge in [0.25, 0.3) is 0 Å². The Kier molecular flexibility index (Phi) is 7.99. The van der Waals surface area contributed by atoms with Gasteiger partial charge >= 0.3 is 0 Å². The lowest BCUT2D eigenvalue weighted by molar-refractivity contribution is 0.0653. The van der Waals surface area contributed by atoms with Crippen molar-refractivity contribution in [2.24, 2.45) is 0 Å². The van der Waals surface area contributed by atoms with Crippen LogP contribution in [0.5, 0.6) is 17.2 Å². The van der Waals surface area contributed by atoms with Gasteiger partial charge in [-0.1, -0.05) is 30.4 Å². The predicted molar refractivity (Wildman–Crippen MR) is 121 cm³/mol. The molecule has 0 spiro atoms. The lowest BCUT2D eigenvalue weighted by atomic mass is 10.2. The standard InChI is InChI=1S/C24H32N2O4/c1-4-7-19-10-11-23(24(16-19)29-3)30-18-20(27)17-25-12-14-26(15-13-25)21-8-5-6-9-22(21)28-2/h4-11,16,20,27H,12-15,17-18H2,1-3H3/b7-4+. The van der Waals surface area contributed by atoms with Crippen molar-refractivity contribution >= 4 is 11.8 Å². The number of para-hydroxylation sites is 2. The van der Waals surface area contributed by atoms with Crippen molar-refractivity contribution in [3.63, 3.8) is 0 Å². The number of benzene rings is 2. The quantitative estimate of drug-likeness (QED) is 0.682. The first-order chi connectivity index (χ1) is 14.6. The number of anilines is 1. The molecule has 1 aliphatic rings. The van der Waals surface area contributed by atoms with Crippen LogP contribution in [0.4, 0.5) is 5.69 Å². The molecule has 1 fully saturated rings. The Bertz CT molecular complexity index is 832. The molecule has 0 amide bonds. The van der Waals surface area contributed by atoms with Crippen LogP contribution in [0, 0.1) is 0 Å². The molecule has 2 aromatic carbocycles. The molecule has 6 nitrogen and oxygen atoms in total. The van der Waals surface area contributed by atoms with Crippen LogP contribution >= 0.6 is 0 Å². The number of hydrogen-bond donors (Lipinski definition) is 1. The van der Waals surface area contributed by atoms with Crippen LogP contribution in [0.2, 0.25) is 0 Å². The average Bonchev–Trinajstić information content (AvgIpc) is 2.78. The Labute approximate surface area is 179 Å². The number of β-amino-alcohol motifs (C(OH)–C–C–N with tert-alkyl or cyclic N) is 1. The molecule has 3 rings (SSSR count). The van der Waals surface area contributed by atoms with Crippen molar-refractivity contribution in [3.8, 4) is 17.2 Å². The molecule has 1 heterocycles. The number of aliphatic hydroxyl groups excluding tert-OH is 1. The van der Waals surface area contributed by atoms with E-state index in [1.165, 1.54) is 0 Å². The molecule has 0 aliphatic carbocycles. The van der Waals surface area contributed by atoms with Gasteiger partial charge in [0.1, 0.15) is 18.5 Å². The van der Waals surface area contributed by atoms with E-state index >= 15 is 0 Å². The van der Waals surface area contributed by atoms with Crippen LogP contribution < -0.4 is 19.1 Å². The molecule has 0 radical (unpaired) electrons. The highest BCUT2D eigenvalue weighted by Crippen LogP contribution is 2.29. The molecule has 6 heteroatoms. The third-order valence-electron chi connectivity index (χ3n) is 5.25. The van der Waals surface area contributed by atoms with E-state index < -0.39 is 6.10 Å². The predicted octanol–water partition coefficient (Wildman–Crippen LogP) is 3.30.